The van der Waals surface area contributed by atoms with Gasteiger partial charge in [-0.2, -0.15) is 5.10 Å². The van der Waals surface area contributed by atoms with Crippen LogP contribution in [-0.2, 0) is 13.1 Å². The van der Waals surface area contributed by atoms with Crippen LogP contribution in [0.1, 0.15) is 37.4 Å². The van der Waals surface area contributed by atoms with Crippen molar-refractivity contribution in [1.82, 2.24) is 14.7 Å². The number of aromatic nitrogens is 2. The van der Waals surface area contributed by atoms with Crippen LogP contribution in [0.4, 0.5) is 0 Å². The van der Waals surface area contributed by atoms with Gasteiger partial charge < -0.3 is 5.11 Å². The Morgan fingerprint density at radius 2 is 2.33 bits per heavy atom. The minimum atomic E-state index is 0.324. The second-order valence-electron chi connectivity index (χ2n) is 5.40. The molecule has 0 amide bonds. The summed E-state index contributed by atoms with van der Waals surface area (Å²) < 4.78 is 2.10. The van der Waals surface area contributed by atoms with Gasteiger partial charge in [-0.25, -0.2) is 0 Å². The van der Waals surface area contributed by atoms with Gasteiger partial charge in [-0.15, -0.1) is 0 Å². The topological polar surface area (TPSA) is 41.3 Å². The average molecular weight is 251 g/mol. The molecule has 1 N–H and O–H groups in total. The molecule has 0 aliphatic carbocycles. The lowest BCUT2D eigenvalue weighted by Gasteiger charge is -2.31. The van der Waals surface area contributed by atoms with Crippen LogP contribution < -0.4 is 0 Å². The third kappa shape index (κ3) is 3.12. The lowest BCUT2D eigenvalue weighted by Crippen LogP contribution is -2.36. The molecule has 0 saturated carbocycles. The van der Waals surface area contributed by atoms with E-state index in [9.17, 15) is 5.11 Å². The van der Waals surface area contributed by atoms with Gasteiger partial charge in [0.2, 0.25) is 0 Å². The summed E-state index contributed by atoms with van der Waals surface area (Å²) in [5.74, 6) is 0.463. The normalized spacial score (nSPS) is 21.4. The van der Waals surface area contributed by atoms with Crippen LogP contribution in [-0.4, -0.2) is 39.5 Å². The first-order valence-electron chi connectivity index (χ1n) is 7.09. The van der Waals surface area contributed by atoms with E-state index in [2.05, 4.69) is 28.5 Å². The Morgan fingerprint density at radius 1 is 1.50 bits per heavy atom. The summed E-state index contributed by atoms with van der Waals surface area (Å²) in [4.78, 5) is 2.45. The molecule has 1 aliphatic rings. The van der Waals surface area contributed by atoms with Crippen molar-refractivity contribution < 1.29 is 5.11 Å². The maximum Gasteiger partial charge on any atom is 0.0537 e. The fraction of sp³-hybridized carbons (Fsp3) is 0.786. The number of hydrogen-bond acceptors (Lipinski definition) is 3. The molecule has 0 spiro atoms. The molecule has 102 valence electrons. The summed E-state index contributed by atoms with van der Waals surface area (Å²) in [7, 11) is 0. The Hall–Kier alpha value is -0.870. The van der Waals surface area contributed by atoms with Crippen molar-refractivity contribution in [3.8, 4) is 0 Å². The number of aliphatic hydroxyl groups is 1. The summed E-state index contributed by atoms with van der Waals surface area (Å²) in [5, 5.41) is 13.7. The Labute approximate surface area is 110 Å². The molecule has 0 radical (unpaired) electrons. The third-order valence-corrected chi connectivity index (χ3v) is 3.90. The highest BCUT2D eigenvalue weighted by molar-refractivity contribution is 5.16. The summed E-state index contributed by atoms with van der Waals surface area (Å²) in [6.45, 7) is 8.81. The predicted octanol–water partition coefficient (Wildman–Crippen LogP) is 1.81. The minimum absolute atomic E-state index is 0.324. The second kappa shape index (κ2) is 6.34. The van der Waals surface area contributed by atoms with Gasteiger partial charge >= 0.3 is 0 Å². The van der Waals surface area contributed by atoms with E-state index in [0.29, 0.717) is 12.5 Å². The van der Waals surface area contributed by atoms with Crippen molar-refractivity contribution in [2.45, 2.75) is 46.2 Å². The number of piperidine rings is 1. The molecule has 0 aromatic carbocycles. The van der Waals surface area contributed by atoms with Crippen molar-refractivity contribution >= 4 is 0 Å². The Morgan fingerprint density at radius 3 is 3.06 bits per heavy atom. The molecule has 18 heavy (non-hydrogen) atoms. The molecule has 1 unspecified atom stereocenters. The van der Waals surface area contributed by atoms with Crippen LogP contribution in [0.2, 0.25) is 0 Å². The van der Waals surface area contributed by atoms with Gasteiger partial charge in [0.1, 0.15) is 0 Å². The molecule has 1 fully saturated rings. The van der Waals surface area contributed by atoms with Crippen LogP contribution in [0, 0.1) is 12.8 Å². The summed E-state index contributed by atoms with van der Waals surface area (Å²) in [6, 6.07) is 0. The molecule has 1 saturated heterocycles. The molecule has 0 bridgehead atoms. The third-order valence-electron chi connectivity index (χ3n) is 3.90. The van der Waals surface area contributed by atoms with Gasteiger partial charge in [0.15, 0.2) is 0 Å². The van der Waals surface area contributed by atoms with Crippen LogP contribution in [0.5, 0.6) is 0 Å². The van der Waals surface area contributed by atoms with Gasteiger partial charge in [0, 0.05) is 37.5 Å². The lowest BCUT2D eigenvalue weighted by molar-refractivity contribution is 0.115. The fourth-order valence-electron chi connectivity index (χ4n) is 2.76. The summed E-state index contributed by atoms with van der Waals surface area (Å²) in [6.07, 6.45) is 5.50. The maximum absolute atomic E-state index is 9.26. The zero-order chi connectivity index (χ0) is 13.0. The van der Waals surface area contributed by atoms with Gasteiger partial charge in [-0.1, -0.05) is 6.92 Å². The molecule has 1 aromatic heterocycles. The minimum Gasteiger partial charge on any atom is -0.396 e. The largest absolute Gasteiger partial charge is 0.396 e. The Bertz CT molecular complexity index is 375. The molecule has 1 aliphatic heterocycles. The number of hydrogen-bond donors (Lipinski definition) is 1. The van der Waals surface area contributed by atoms with Crippen LogP contribution in [0.15, 0.2) is 6.20 Å². The molecule has 2 heterocycles. The first-order valence-corrected chi connectivity index (χ1v) is 7.09. The van der Waals surface area contributed by atoms with Crippen molar-refractivity contribution in [3.63, 3.8) is 0 Å². The first kappa shape index (κ1) is 13.6. The highest BCUT2D eigenvalue weighted by Crippen LogP contribution is 2.19. The number of likely N-dealkylation sites (tertiary alicyclic amines) is 1. The number of aliphatic hydroxyl groups excluding tert-OH is 1. The predicted molar refractivity (Wildman–Crippen MR) is 72.3 cm³/mol. The van der Waals surface area contributed by atoms with Crippen LogP contribution >= 0.6 is 0 Å². The van der Waals surface area contributed by atoms with Crippen molar-refractivity contribution in [2.75, 3.05) is 19.7 Å². The molecular weight excluding hydrogens is 226 g/mol. The molecular formula is C14H25N3O. The molecule has 2 rings (SSSR count). The SMILES string of the molecule is CCCn1ncc(CN2CCCC(CO)C2)c1C. The van der Waals surface area contributed by atoms with Gasteiger partial charge in [-0.05, 0) is 38.6 Å². The molecule has 4 nitrogen and oxygen atoms in total. The van der Waals surface area contributed by atoms with E-state index in [4.69, 9.17) is 0 Å². The average Bonchev–Trinajstić information content (AvgIpc) is 2.72. The first-order chi connectivity index (χ1) is 8.74. The van der Waals surface area contributed by atoms with Gasteiger partial charge in [0.05, 0.1) is 6.20 Å². The quantitative estimate of drug-likeness (QED) is 0.867. The highest BCUT2D eigenvalue weighted by atomic mass is 16.3. The van der Waals surface area contributed by atoms with Crippen molar-refractivity contribution in [2.24, 2.45) is 5.92 Å². The van der Waals surface area contributed by atoms with Crippen molar-refractivity contribution in [1.29, 1.82) is 0 Å². The molecule has 1 atom stereocenters. The van der Waals surface area contributed by atoms with E-state index in [1.807, 2.05) is 6.20 Å². The maximum atomic E-state index is 9.26. The fourth-order valence-corrected chi connectivity index (χ4v) is 2.76. The Balaban J connectivity index is 1.96. The van der Waals surface area contributed by atoms with E-state index >= 15 is 0 Å². The van der Waals surface area contributed by atoms with Crippen molar-refractivity contribution in [3.05, 3.63) is 17.5 Å². The van der Waals surface area contributed by atoms with E-state index in [0.717, 1.165) is 32.6 Å². The van der Waals surface area contributed by atoms with Crippen LogP contribution in [0.25, 0.3) is 0 Å². The smallest absolute Gasteiger partial charge is 0.0537 e. The number of aryl methyl sites for hydroxylation is 1. The number of rotatable bonds is 5. The van der Waals surface area contributed by atoms with Gasteiger partial charge in [0.25, 0.3) is 0 Å². The lowest BCUT2D eigenvalue weighted by atomic mass is 9.98. The van der Waals surface area contributed by atoms with E-state index in [1.165, 1.54) is 24.1 Å². The summed E-state index contributed by atoms with van der Waals surface area (Å²) >= 11 is 0. The molecule has 4 heteroatoms. The zero-order valence-corrected chi connectivity index (χ0v) is 11.6. The Kier molecular flexibility index (Phi) is 4.78. The highest BCUT2D eigenvalue weighted by Gasteiger charge is 2.20. The summed E-state index contributed by atoms with van der Waals surface area (Å²) in [5.41, 5.74) is 2.63. The standard InChI is InChI=1S/C14H25N3O/c1-3-6-17-12(2)14(8-15-17)10-16-7-4-5-13(9-16)11-18/h8,13,18H,3-7,9-11H2,1-2H3. The molecule has 1 aromatic rings. The van der Waals surface area contributed by atoms with E-state index < -0.39 is 0 Å². The van der Waals surface area contributed by atoms with E-state index in [-0.39, 0.29) is 0 Å². The van der Waals surface area contributed by atoms with E-state index in [1.54, 1.807) is 0 Å². The monoisotopic (exact) mass is 251 g/mol. The second-order valence-corrected chi connectivity index (χ2v) is 5.40. The van der Waals surface area contributed by atoms with Crippen LogP contribution in [0.3, 0.4) is 0 Å². The van der Waals surface area contributed by atoms with Gasteiger partial charge in [-0.3, -0.25) is 9.58 Å². The zero-order valence-electron chi connectivity index (χ0n) is 11.6. The number of nitrogens with zero attached hydrogens (tertiary/aromatic N) is 3.